The lowest BCUT2D eigenvalue weighted by Crippen LogP contribution is -2.52. The molecule has 2 heterocycles. The molecule has 3 atom stereocenters. The van der Waals surface area contributed by atoms with Gasteiger partial charge in [0.1, 0.15) is 6.23 Å². The van der Waals surface area contributed by atoms with E-state index < -0.39 is 23.6 Å². The topological polar surface area (TPSA) is 105 Å². The van der Waals surface area contributed by atoms with Gasteiger partial charge in [-0.3, -0.25) is 14.3 Å². The SMILES string of the molecule is O=c1[nH]c(=O)n([C@@H]2O[C@@H](CO)[C@H]2CO)cc1C=CI. The number of aromatic amines is 1. The Morgan fingerprint density at radius 1 is 1.42 bits per heavy atom. The fraction of sp³-hybridized carbons (Fsp3) is 0.455. The number of aromatic nitrogens is 2. The normalized spacial score (nSPS) is 26.6. The van der Waals surface area contributed by atoms with Gasteiger partial charge in [0.2, 0.25) is 0 Å². The molecule has 1 fully saturated rings. The number of aliphatic hydroxyl groups excluding tert-OH is 2. The smallest absolute Gasteiger partial charge is 0.330 e. The fourth-order valence-corrected chi connectivity index (χ4v) is 2.40. The number of rotatable bonds is 4. The highest BCUT2D eigenvalue weighted by Crippen LogP contribution is 2.35. The Balaban J connectivity index is 2.38. The van der Waals surface area contributed by atoms with Crippen molar-refractivity contribution < 1.29 is 14.9 Å². The first kappa shape index (κ1) is 14.4. The van der Waals surface area contributed by atoms with Crippen molar-refractivity contribution in [1.82, 2.24) is 9.55 Å². The van der Waals surface area contributed by atoms with E-state index in [1.54, 1.807) is 10.2 Å². The van der Waals surface area contributed by atoms with Crippen molar-refractivity contribution in [2.45, 2.75) is 12.3 Å². The van der Waals surface area contributed by atoms with Crippen molar-refractivity contribution in [1.29, 1.82) is 0 Å². The van der Waals surface area contributed by atoms with Gasteiger partial charge >= 0.3 is 5.69 Å². The van der Waals surface area contributed by atoms with Crippen molar-refractivity contribution in [2.24, 2.45) is 5.92 Å². The monoisotopic (exact) mass is 380 g/mol. The molecule has 1 aromatic rings. The van der Waals surface area contributed by atoms with Crippen LogP contribution in [0.25, 0.3) is 6.08 Å². The van der Waals surface area contributed by atoms with Crippen LogP contribution in [-0.2, 0) is 4.74 Å². The number of hydrogen-bond acceptors (Lipinski definition) is 5. The third-order valence-corrected chi connectivity index (χ3v) is 3.42. The molecule has 0 aromatic carbocycles. The van der Waals surface area contributed by atoms with E-state index in [1.165, 1.54) is 10.8 Å². The molecule has 0 spiro atoms. The summed E-state index contributed by atoms with van der Waals surface area (Å²) in [7, 11) is 0. The molecule has 2 rings (SSSR count). The maximum absolute atomic E-state index is 11.7. The summed E-state index contributed by atoms with van der Waals surface area (Å²) >= 11 is 1.96. The molecule has 1 aliphatic rings. The van der Waals surface area contributed by atoms with Crippen LogP contribution >= 0.6 is 22.6 Å². The van der Waals surface area contributed by atoms with E-state index in [4.69, 9.17) is 9.84 Å². The second-order valence-corrected chi connectivity index (χ2v) is 4.86. The van der Waals surface area contributed by atoms with E-state index in [0.717, 1.165) is 0 Å². The molecular weight excluding hydrogens is 367 g/mol. The summed E-state index contributed by atoms with van der Waals surface area (Å²) in [5.74, 6) is -0.370. The van der Waals surface area contributed by atoms with Crippen molar-refractivity contribution in [3.8, 4) is 0 Å². The lowest BCUT2D eigenvalue weighted by Gasteiger charge is -2.43. The number of halogens is 1. The molecule has 1 aromatic heterocycles. The average molecular weight is 380 g/mol. The average Bonchev–Trinajstić information content (AvgIpc) is 2.34. The van der Waals surface area contributed by atoms with Crippen LogP contribution < -0.4 is 11.2 Å². The van der Waals surface area contributed by atoms with Crippen LogP contribution in [0.1, 0.15) is 11.8 Å². The Kier molecular flexibility index (Phi) is 4.55. The third-order valence-electron chi connectivity index (χ3n) is 3.06. The third kappa shape index (κ3) is 2.66. The maximum atomic E-state index is 11.7. The lowest BCUT2D eigenvalue weighted by atomic mass is 9.95. The summed E-state index contributed by atoms with van der Waals surface area (Å²) in [5.41, 5.74) is -0.759. The van der Waals surface area contributed by atoms with E-state index in [0.29, 0.717) is 5.56 Å². The number of nitrogens with zero attached hydrogens (tertiary/aromatic N) is 1. The Morgan fingerprint density at radius 2 is 2.16 bits per heavy atom. The van der Waals surface area contributed by atoms with Crippen LogP contribution in [0.5, 0.6) is 0 Å². The summed E-state index contributed by atoms with van der Waals surface area (Å²) in [5, 5.41) is 18.3. The van der Waals surface area contributed by atoms with Crippen LogP contribution in [0.15, 0.2) is 19.9 Å². The van der Waals surface area contributed by atoms with Crippen LogP contribution in [0.3, 0.4) is 0 Å². The number of nitrogens with one attached hydrogen (secondary N) is 1. The number of H-pyrrole nitrogens is 1. The van der Waals surface area contributed by atoms with Crippen molar-refractivity contribution in [3.63, 3.8) is 0 Å². The minimum Gasteiger partial charge on any atom is -0.396 e. The van der Waals surface area contributed by atoms with Crippen molar-refractivity contribution in [3.05, 3.63) is 36.7 Å². The first-order valence-corrected chi connectivity index (χ1v) is 6.86. The molecule has 1 aliphatic heterocycles. The van der Waals surface area contributed by atoms with Gasteiger partial charge in [-0.15, -0.1) is 0 Å². The van der Waals surface area contributed by atoms with Crippen LogP contribution in [0.4, 0.5) is 0 Å². The molecule has 0 saturated carbocycles. The maximum Gasteiger partial charge on any atom is 0.330 e. The van der Waals surface area contributed by atoms with Crippen LogP contribution in [-0.4, -0.2) is 39.1 Å². The molecule has 0 unspecified atom stereocenters. The lowest BCUT2D eigenvalue weighted by molar-refractivity contribution is -0.246. The predicted molar refractivity (Wildman–Crippen MR) is 75.9 cm³/mol. The summed E-state index contributed by atoms with van der Waals surface area (Å²) in [6, 6.07) is 0. The number of hydrogen-bond donors (Lipinski definition) is 3. The van der Waals surface area contributed by atoms with E-state index >= 15 is 0 Å². The van der Waals surface area contributed by atoms with E-state index in [9.17, 15) is 14.7 Å². The van der Waals surface area contributed by atoms with Gasteiger partial charge in [-0.05, 0) is 10.2 Å². The van der Waals surface area contributed by atoms with Gasteiger partial charge in [-0.25, -0.2) is 4.79 Å². The summed E-state index contributed by atoms with van der Waals surface area (Å²) in [6.07, 6.45) is 1.79. The van der Waals surface area contributed by atoms with E-state index in [2.05, 4.69) is 4.98 Å². The number of ether oxygens (including phenoxy) is 1. The Labute approximate surface area is 121 Å². The van der Waals surface area contributed by atoms with Gasteiger partial charge in [-0.1, -0.05) is 22.6 Å². The molecule has 1 saturated heterocycles. The zero-order valence-corrected chi connectivity index (χ0v) is 12.0. The molecule has 8 heteroatoms. The van der Waals surface area contributed by atoms with Crippen LogP contribution in [0.2, 0.25) is 0 Å². The standard InChI is InChI=1S/C11H13IN2O5/c12-2-1-6-3-14(11(18)13-9(6)17)10-7(4-15)8(5-16)19-10/h1-3,7-8,10,15-16H,4-5H2,(H,13,17,18)/t7-,8+,10-/m1/s1. The molecule has 19 heavy (non-hydrogen) atoms. The van der Waals surface area contributed by atoms with Gasteiger partial charge in [0.15, 0.2) is 0 Å². The first-order valence-electron chi connectivity index (χ1n) is 5.61. The second-order valence-electron chi connectivity index (χ2n) is 4.14. The highest BCUT2D eigenvalue weighted by atomic mass is 127. The molecule has 0 amide bonds. The summed E-state index contributed by atoms with van der Waals surface area (Å²) in [4.78, 5) is 25.5. The second kappa shape index (κ2) is 5.99. The minimum atomic E-state index is -0.673. The van der Waals surface area contributed by atoms with Crippen molar-refractivity contribution >= 4 is 28.7 Å². The van der Waals surface area contributed by atoms with Gasteiger partial charge in [0.05, 0.1) is 30.8 Å². The van der Waals surface area contributed by atoms with Gasteiger partial charge < -0.3 is 14.9 Å². The largest absolute Gasteiger partial charge is 0.396 e. The van der Waals surface area contributed by atoms with Crippen LogP contribution in [0, 0.1) is 5.92 Å². The van der Waals surface area contributed by atoms with Crippen molar-refractivity contribution in [2.75, 3.05) is 13.2 Å². The molecule has 0 radical (unpaired) electrons. The Morgan fingerprint density at radius 3 is 2.74 bits per heavy atom. The molecular formula is C11H13IN2O5. The quantitative estimate of drug-likeness (QED) is 0.608. The van der Waals surface area contributed by atoms with Gasteiger partial charge in [0, 0.05) is 6.20 Å². The zero-order chi connectivity index (χ0) is 14.0. The Bertz CT molecular complexity index is 593. The summed E-state index contributed by atoms with van der Waals surface area (Å²) in [6.45, 7) is -0.431. The van der Waals surface area contributed by atoms with Gasteiger partial charge in [-0.2, -0.15) is 0 Å². The van der Waals surface area contributed by atoms with E-state index in [1.807, 2.05) is 22.6 Å². The number of aliphatic hydroxyl groups is 2. The van der Waals surface area contributed by atoms with E-state index in [-0.39, 0.29) is 19.1 Å². The minimum absolute atomic E-state index is 0.209. The molecule has 0 bridgehead atoms. The fourth-order valence-electron chi connectivity index (χ4n) is 2.01. The predicted octanol–water partition coefficient (Wildman–Crippen LogP) is -0.559. The highest BCUT2D eigenvalue weighted by Gasteiger charge is 2.43. The molecule has 3 N–H and O–H groups in total. The summed E-state index contributed by atoms with van der Waals surface area (Å²) < 4.78 is 8.21. The Hall–Kier alpha value is -0.970. The van der Waals surface area contributed by atoms with Gasteiger partial charge in [0.25, 0.3) is 5.56 Å². The molecule has 7 nitrogen and oxygen atoms in total. The molecule has 0 aliphatic carbocycles. The first-order chi connectivity index (χ1) is 9.12. The highest BCUT2D eigenvalue weighted by molar-refractivity contribution is 14.1. The zero-order valence-electron chi connectivity index (χ0n) is 9.82. The molecule has 104 valence electrons.